The molecular weight excluding hydrogens is 218 g/mol. The molecule has 1 aromatic rings. The Labute approximate surface area is 104 Å². The third kappa shape index (κ3) is 4.44. The van der Waals surface area contributed by atoms with Crippen LogP contribution in [0.5, 0.6) is 0 Å². The van der Waals surface area contributed by atoms with Crippen LogP contribution in [0, 0.1) is 5.92 Å². The number of benzene rings is 1. The SMILES string of the molecule is CCCCN(CC(C)CCl)c1ccccc1. The van der Waals surface area contributed by atoms with Crippen LogP contribution in [0.3, 0.4) is 0 Å². The number of anilines is 1. The molecule has 0 aliphatic rings. The van der Waals surface area contributed by atoms with Crippen molar-refractivity contribution in [3.05, 3.63) is 30.3 Å². The van der Waals surface area contributed by atoms with Gasteiger partial charge < -0.3 is 4.90 Å². The third-order valence-electron chi connectivity index (χ3n) is 2.70. The van der Waals surface area contributed by atoms with Gasteiger partial charge in [-0.2, -0.15) is 0 Å². The van der Waals surface area contributed by atoms with E-state index >= 15 is 0 Å². The van der Waals surface area contributed by atoms with E-state index in [1.54, 1.807) is 0 Å². The molecule has 1 nitrogen and oxygen atoms in total. The zero-order valence-corrected chi connectivity index (χ0v) is 11.1. The maximum atomic E-state index is 5.89. The standard InChI is InChI=1S/C14H22ClN/c1-3-4-10-16(12-13(2)11-15)14-8-6-5-7-9-14/h5-9,13H,3-4,10-12H2,1-2H3. The Balaban J connectivity index is 2.63. The number of rotatable bonds is 7. The molecule has 0 bridgehead atoms. The van der Waals surface area contributed by atoms with Crippen LogP contribution >= 0.6 is 11.6 Å². The van der Waals surface area contributed by atoms with E-state index in [1.807, 2.05) is 0 Å². The van der Waals surface area contributed by atoms with Gasteiger partial charge in [-0.05, 0) is 24.5 Å². The molecule has 0 heterocycles. The van der Waals surface area contributed by atoms with Crippen molar-refractivity contribution in [2.24, 2.45) is 5.92 Å². The molecule has 0 radical (unpaired) electrons. The van der Waals surface area contributed by atoms with Gasteiger partial charge in [-0.1, -0.05) is 38.5 Å². The lowest BCUT2D eigenvalue weighted by Gasteiger charge is -2.27. The van der Waals surface area contributed by atoms with E-state index in [0.717, 1.165) is 19.0 Å². The molecule has 0 aromatic heterocycles. The summed E-state index contributed by atoms with van der Waals surface area (Å²) in [5.74, 6) is 1.27. The molecule has 1 atom stereocenters. The first-order chi connectivity index (χ1) is 7.77. The van der Waals surface area contributed by atoms with Gasteiger partial charge in [0.25, 0.3) is 0 Å². The smallest absolute Gasteiger partial charge is 0.0366 e. The number of hydrogen-bond donors (Lipinski definition) is 0. The average molecular weight is 240 g/mol. The number of para-hydroxylation sites is 1. The summed E-state index contributed by atoms with van der Waals surface area (Å²) in [6.45, 7) is 6.61. The zero-order chi connectivity index (χ0) is 11.8. The van der Waals surface area contributed by atoms with Crippen LogP contribution < -0.4 is 4.90 Å². The number of alkyl halides is 1. The van der Waals surface area contributed by atoms with Crippen molar-refractivity contribution >= 4 is 17.3 Å². The first-order valence-electron chi connectivity index (χ1n) is 6.13. The third-order valence-corrected chi connectivity index (χ3v) is 3.23. The van der Waals surface area contributed by atoms with Gasteiger partial charge in [0, 0.05) is 24.7 Å². The van der Waals surface area contributed by atoms with Crippen LogP contribution in [0.1, 0.15) is 26.7 Å². The number of halogens is 1. The lowest BCUT2D eigenvalue weighted by molar-refractivity contribution is 0.601. The molecule has 0 N–H and O–H groups in total. The molecule has 0 fully saturated rings. The zero-order valence-electron chi connectivity index (χ0n) is 10.3. The first kappa shape index (κ1) is 13.4. The second kappa shape index (κ2) is 7.56. The highest BCUT2D eigenvalue weighted by Crippen LogP contribution is 2.16. The predicted octanol–water partition coefficient (Wildman–Crippen LogP) is 4.17. The van der Waals surface area contributed by atoms with Gasteiger partial charge in [-0.25, -0.2) is 0 Å². The topological polar surface area (TPSA) is 3.24 Å². The fourth-order valence-electron chi connectivity index (χ4n) is 1.74. The average Bonchev–Trinajstić information content (AvgIpc) is 2.35. The van der Waals surface area contributed by atoms with E-state index < -0.39 is 0 Å². The van der Waals surface area contributed by atoms with Gasteiger partial charge in [-0.15, -0.1) is 11.6 Å². The Morgan fingerprint density at radius 2 is 1.94 bits per heavy atom. The van der Waals surface area contributed by atoms with E-state index in [1.165, 1.54) is 18.5 Å². The molecule has 0 aliphatic carbocycles. The Kier molecular flexibility index (Phi) is 6.32. The molecular formula is C14H22ClN. The van der Waals surface area contributed by atoms with Crippen LogP contribution in [0.4, 0.5) is 5.69 Å². The van der Waals surface area contributed by atoms with Crippen molar-refractivity contribution in [2.75, 3.05) is 23.9 Å². The van der Waals surface area contributed by atoms with Gasteiger partial charge >= 0.3 is 0 Å². The van der Waals surface area contributed by atoms with Crippen LogP contribution in [-0.4, -0.2) is 19.0 Å². The van der Waals surface area contributed by atoms with E-state index in [2.05, 4.69) is 49.1 Å². The minimum Gasteiger partial charge on any atom is -0.371 e. The molecule has 2 heteroatoms. The fourth-order valence-corrected chi connectivity index (χ4v) is 1.84. The van der Waals surface area contributed by atoms with Gasteiger partial charge in [0.05, 0.1) is 0 Å². The van der Waals surface area contributed by atoms with E-state index in [9.17, 15) is 0 Å². The van der Waals surface area contributed by atoms with E-state index in [4.69, 9.17) is 11.6 Å². The van der Waals surface area contributed by atoms with Crippen molar-refractivity contribution in [3.63, 3.8) is 0 Å². The quantitative estimate of drug-likeness (QED) is 0.646. The Hall–Kier alpha value is -0.690. The summed E-state index contributed by atoms with van der Waals surface area (Å²) in [5, 5.41) is 0. The molecule has 0 aliphatic heterocycles. The van der Waals surface area contributed by atoms with Crippen molar-refractivity contribution in [2.45, 2.75) is 26.7 Å². The highest BCUT2D eigenvalue weighted by molar-refractivity contribution is 6.18. The molecule has 0 saturated heterocycles. The summed E-state index contributed by atoms with van der Waals surface area (Å²) < 4.78 is 0. The molecule has 0 saturated carbocycles. The fraction of sp³-hybridized carbons (Fsp3) is 0.571. The summed E-state index contributed by atoms with van der Waals surface area (Å²) in [4.78, 5) is 2.44. The minimum atomic E-state index is 0.540. The summed E-state index contributed by atoms with van der Waals surface area (Å²) >= 11 is 5.89. The maximum absolute atomic E-state index is 5.89. The molecule has 16 heavy (non-hydrogen) atoms. The second-order valence-corrected chi connectivity index (χ2v) is 4.70. The maximum Gasteiger partial charge on any atom is 0.0366 e. The van der Waals surface area contributed by atoms with Crippen LogP contribution in [-0.2, 0) is 0 Å². The van der Waals surface area contributed by atoms with Gasteiger partial charge in [0.2, 0.25) is 0 Å². The summed E-state index contributed by atoms with van der Waals surface area (Å²) in [6, 6.07) is 10.6. The molecule has 0 amide bonds. The van der Waals surface area contributed by atoms with Crippen LogP contribution in [0.25, 0.3) is 0 Å². The molecule has 0 spiro atoms. The highest BCUT2D eigenvalue weighted by Gasteiger charge is 2.09. The monoisotopic (exact) mass is 239 g/mol. The minimum absolute atomic E-state index is 0.540. The van der Waals surface area contributed by atoms with Crippen molar-refractivity contribution in [1.29, 1.82) is 0 Å². The Morgan fingerprint density at radius 3 is 2.50 bits per heavy atom. The van der Waals surface area contributed by atoms with E-state index in [-0.39, 0.29) is 0 Å². The lowest BCUT2D eigenvalue weighted by Crippen LogP contribution is -2.30. The summed E-state index contributed by atoms with van der Waals surface area (Å²) in [6.07, 6.45) is 2.47. The highest BCUT2D eigenvalue weighted by atomic mass is 35.5. The predicted molar refractivity (Wildman–Crippen MR) is 73.4 cm³/mol. The van der Waals surface area contributed by atoms with Gasteiger partial charge in [0.1, 0.15) is 0 Å². The number of unbranched alkanes of at least 4 members (excludes halogenated alkanes) is 1. The van der Waals surface area contributed by atoms with Crippen molar-refractivity contribution in [3.8, 4) is 0 Å². The van der Waals surface area contributed by atoms with Crippen LogP contribution in [0.2, 0.25) is 0 Å². The summed E-state index contributed by atoms with van der Waals surface area (Å²) in [5.41, 5.74) is 1.31. The number of nitrogens with zero attached hydrogens (tertiary/aromatic N) is 1. The molecule has 1 aromatic carbocycles. The van der Waals surface area contributed by atoms with Gasteiger partial charge in [0.15, 0.2) is 0 Å². The molecule has 90 valence electrons. The van der Waals surface area contributed by atoms with E-state index in [0.29, 0.717) is 5.92 Å². The van der Waals surface area contributed by atoms with Crippen molar-refractivity contribution in [1.82, 2.24) is 0 Å². The Morgan fingerprint density at radius 1 is 1.25 bits per heavy atom. The second-order valence-electron chi connectivity index (χ2n) is 4.39. The summed E-state index contributed by atoms with van der Waals surface area (Å²) in [7, 11) is 0. The Bertz CT molecular complexity index is 273. The number of hydrogen-bond acceptors (Lipinski definition) is 1. The molecule has 1 rings (SSSR count). The largest absolute Gasteiger partial charge is 0.371 e. The molecule has 1 unspecified atom stereocenters. The van der Waals surface area contributed by atoms with Crippen molar-refractivity contribution < 1.29 is 0 Å². The van der Waals surface area contributed by atoms with Crippen LogP contribution in [0.15, 0.2) is 30.3 Å². The van der Waals surface area contributed by atoms with Gasteiger partial charge in [-0.3, -0.25) is 0 Å². The normalized spacial score (nSPS) is 12.4. The first-order valence-corrected chi connectivity index (χ1v) is 6.67. The lowest BCUT2D eigenvalue weighted by atomic mass is 10.1.